The Morgan fingerprint density at radius 1 is 1.18 bits per heavy atom. The van der Waals surface area contributed by atoms with Crippen LogP contribution in [0.15, 0.2) is 6.07 Å². The number of carbonyl (C=O) groups is 1. The van der Waals surface area contributed by atoms with E-state index in [1.54, 1.807) is 0 Å². The minimum Gasteiger partial charge on any atom is -0.481 e. The van der Waals surface area contributed by atoms with Crippen molar-refractivity contribution in [2.75, 3.05) is 14.2 Å². The average Bonchev–Trinajstić information content (AvgIpc) is 2.34. The molecule has 1 rings (SSSR count). The molecule has 0 aliphatic carbocycles. The van der Waals surface area contributed by atoms with Crippen LogP contribution in [0.4, 0.5) is 0 Å². The highest BCUT2D eigenvalue weighted by Gasteiger charge is 2.16. The van der Waals surface area contributed by atoms with Crippen LogP contribution in [0.1, 0.15) is 13.8 Å². The van der Waals surface area contributed by atoms with Crippen molar-refractivity contribution in [2.45, 2.75) is 20.0 Å². The van der Waals surface area contributed by atoms with Crippen LogP contribution in [0.2, 0.25) is 0 Å². The van der Waals surface area contributed by atoms with Crippen LogP contribution in [0.5, 0.6) is 17.8 Å². The molecule has 0 aliphatic heterocycles. The number of carbonyl (C=O) groups excluding carboxylic acids is 1. The van der Waals surface area contributed by atoms with Crippen LogP contribution in [0, 0.1) is 5.92 Å². The molecule has 0 fully saturated rings. The van der Waals surface area contributed by atoms with Crippen LogP contribution < -0.4 is 14.2 Å². The third kappa shape index (κ3) is 3.58. The van der Waals surface area contributed by atoms with E-state index in [9.17, 15) is 4.79 Å². The van der Waals surface area contributed by atoms with E-state index in [0.717, 1.165) is 6.29 Å². The van der Waals surface area contributed by atoms with Gasteiger partial charge in [-0.25, -0.2) is 0 Å². The first-order chi connectivity index (χ1) is 8.10. The SMILES string of the molecule is COc1cc(OC)nc(OC(C=O)C(C)C)n1. The molecule has 0 bridgehead atoms. The number of nitrogens with zero attached hydrogens (tertiary/aromatic N) is 2. The van der Waals surface area contributed by atoms with E-state index in [2.05, 4.69) is 9.97 Å². The lowest BCUT2D eigenvalue weighted by Gasteiger charge is -2.15. The van der Waals surface area contributed by atoms with E-state index < -0.39 is 6.10 Å². The molecule has 1 atom stereocenters. The van der Waals surface area contributed by atoms with Crippen LogP contribution in [0.3, 0.4) is 0 Å². The molecule has 0 radical (unpaired) electrons. The summed E-state index contributed by atoms with van der Waals surface area (Å²) >= 11 is 0. The highest BCUT2D eigenvalue weighted by Crippen LogP contribution is 2.20. The average molecular weight is 240 g/mol. The molecule has 0 spiro atoms. The van der Waals surface area contributed by atoms with Crippen LogP contribution in [-0.2, 0) is 4.79 Å². The molecule has 0 aromatic carbocycles. The van der Waals surface area contributed by atoms with Crippen molar-refractivity contribution in [1.82, 2.24) is 9.97 Å². The molecule has 94 valence electrons. The van der Waals surface area contributed by atoms with Crippen LogP contribution >= 0.6 is 0 Å². The van der Waals surface area contributed by atoms with Gasteiger partial charge in [-0.2, -0.15) is 9.97 Å². The van der Waals surface area contributed by atoms with Gasteiger partial charge in [-0.15, -0.1) is 0 Å². The summed E-state index contributed by atoms with van der Waals surface area (Å²) in [7, 11) is 2.95. The number of rotatable bonds is 6. The highest BCUT2D eigenvalue weighted by molar-refractivity contribution is 5.56. The van der Waals surface area contributed by atoms with Gasteiger partial charge in [0, 0.05) is 0 Å². The first-order valence-corrected chi connectivity index (χ1v) is 5.19. The summed E-state index contributed by atoms with van der Waals surface area (Å²) in [5.41, 5.74) is 0. The van der Waals surface area contributed by atoms with Gasteiger partial charge in [0.2, 0.25) is 11.8 Å². The minimum absolute atomic E-state index is 0.0355. The quantitative estimate of drug-likeness (QED) is 0.693. The van der Waals surface area contributed by atoms with Crippen LogP contribution in [-0.4, -0.2) is 36.6 Å². The standard InChI is InChI=1S/C11H16N2O4/c1-7(2)8(6-14)17-11-12-9(15-3)5-10(13-11)16-4/h5-8H,1-4H3. The van der Waals surface area contributed by atoms with Crippen molar-refractivity contribution in [1.29, 1.82) is 0 Å². The zero-order valence-electron chi connectivity index (χ0n) is 10.3. The van der Waals surface area contributed by atoms with Gasteiger partial charge in [0.05, 0.1) is 20.3 Å². The monoisotopic (exact) mass is 240 g/mol. The lowest BCUT2D eigenvalue weighted by atomic mass is 10.1. The molecule has 17 heavy (non-hydrogen) atoms. The van der Waals surface area contributed by atoms with Crippen molar-refractivity contribution in [2.24, 2.45) is 5.92 Å². The van der Waals surface area contributed by atoms with E-state index >= 15 is 0 Å². The summed E-state index contributed by atoms with van der Waals surface area (Å²) in [5.74, 6) is 0.675. The normalized spacial score (nSPS) is 12.1. The first kappa shape index (κ1) is 13.2. The molecule has 1 aromatic heterocycles. The van der Waals surface area contributed by atoms with Gasteiger partial charge < -0.3 is 14.2 Å². The molecule has 1 aromatic rings. The smallest absolute Gasteiger partial charge is 0.323 e. The van der Waals surface area contributed by atoms with Gasteiger partial charge in [-0.3, -0.25) is 4.79 Å². The van der Waals surface area contributed by atoms with Gasteiger partial charge in [0.1, 0.15) is 0 Å². The van der Waals surface area contributed by atoms with Crippen molar-refractivity contribution in [3.8, 4) is 17.8 Å². The molecule has 1 heterocycles. The Hall–Kier alpha value is -1.85. The first-order valence-electron chi connectivity index (χ1n) is 5.19. The maximum absolute atomic E-state index is 10.8. The third-order valence-electron chi connectivity index (χ3n) is 2.11. The number of hydrogen-bond acceptors (Lipinski definition) is 6. The topological polar surface area (TPSA) is 70.5 Å². The molecular weight excluding hydrogens is 224 g/mol. The molecule has 6 nitrogen and oxygen atoms in total. The number of methoxy groups -OCH3 is 2. The Balaban J connectivity index is 2.92. The molecular formula is C11H16N2O4. The second-order valence-electron chi connectivity index (χ2n) is 3.70. The van der Waals surface area contributed by atoms with Crippen molar-refractivity contribution < 1.29 is 19.0 Å². The molecule has 0 amide bonds. The van der Waals surface area contributed by atoms with E-state index in [0.29, 0.717) is 11.8 Å². The Labute approximate surface area is 99.9 Å². The summed E-state index contributed by atoms with van der Waals surface area (Å²) in [6.45, 7) is 3.74. The van der Waals surface area contributed by atoms with E-state index in [1.807, 2.05) is 13.8 Å². The fraction of sp³-hybridized carbons (Fsp3) is 0.545. The largest absolute Gasteiger partial charge is 0.481 e. The third-order valence-corrected chi connectivity index (χ3v) is 2.11. The van der Waals surface area contributed by atoms with Crippen molar-refractivity contribution >= 4 is 6.29 Å². The molecule has 0 saturated heterocycles. The van der Waals surface area contributed by atoms with Crippen molar-refractivity contribution in [3.05, 3.63) is 6.07 Å². The molecule has 0 aliphatic rings. The molecule has 0 N–H and O–H groups in total. The number of aromatic nitrogens is 2. The van der Waals surface area contributed by atoms with E-state index in [1.165, 1.54) is 20.3 Å². The molecule has 1 unspecified atom stereocenters. The Kier molecular flexibility index (Phi) is 4.68. The summed E-state index contributed by atoms with van der Waals surface area (Å²) in [4.78, 5) is 18.8. The lowest BCUT2D eigenvalue weighted by Crippen LogP contribution is -2.25. The predicted octanol–water partition coefficient (Wildman–Crippen LogP) is 1.10. The fourth-order valence-corrected chi connectivity index (χ4v) is 1.09. The number of aldehydes is 1. The zero-order valence-corrected chi connectivity index (χ0v) is 10.3. The Morgan fingerprint density at radius 2 is 1.71 bits per heavy atom. The van der Waals surface area contributed by atoms with E-state index in [-0.39, 0.29) is 11.9 Å². The second-order valence-corrected chi connectivity index (χ2v) is 3.70. The van der Waals surface area contributed by atoms with Gasteiger partial charge in [-0.1, -0.05) is 13.8 Å². The summed E-state index contributed by atoms with van der Waals surface area (Å²) in [5, 5.41) is 0. The molecule has 0 saturated carbocycles. The summed E-state index contributed by atoms with van der Waals surface area (Å²) in [6, 6.07) is 1.59. The van der Waals surface area contributed by atoms with Gasteiger partial charge in [0.15, 0.2) is 12.4 Å². The predicted molar refractivity (Wildman–Crippen MR) is 60.5 cm³/mol. The lowest BCUT2D eigenvalue weighted by molar-refractivity contribution is -0.115. The summed E-state index contributed by atoms with van der Waals surface area (Å²) in [6.07, 6.45) is 0.131. The number of hydrogen-bond donors (Lipinski definition) is 0. The van der Waals surface area contributed by atoms with Gasteiger partial charge in [0.25, 0.3) is 0 Å². The zero-order chi connectivity index (χ0) is 12.8. The maximum Gasteiger partial charge on any atom is 0.323 e. The highest BCUT2D eigenvalue weighted by atomic mass is 16.5. The maximum atomic E-state index is 10.8. The number of ether oxygens (including phenoxy) is 3. The molecule has 6 heteroatoms. The minimum atomic E-state index is -0.591. The van der Waals surface area contributed by atoms with E-state index in [4.69, 9.17) is 14.2 Å². The fourth-order valence-electron chi connectivity index (χ4n) is 1.09. The Bertz CT molecular complexity index is 359. The van der Waals surface area contributed by atoms with Gasteiger partial charge in [-0.05, 0) is 5.92 Å². The summed E-state index contributed by atoms with van der Waals surface area (Å²) < 4.78 is 15.3. The van der Waals surface area contributed by atoms with Crippen LogP contribution in [0.25, 0.3) is 0 Å². The second kappa shape index (κ2) is 6.03. The van der Waals surface area contributed by atoms with Crippen molar-refractivity contribution in [3.63, 3.8) is 0 Å². The Morgan fingerprint density at radius 3 is 2.06 bits per heavy atom. The van der Waals surface area contributed by atoms with Gasteiger partial charge >= 0.3 is 6.01 Å².